The van der Waals surface area contributed by atoms with Gasteiger partial charge in [-0.3, -0.25) is 9.59 Å². The van der Waals surface area contributed by atoms with Crippen LogP contribution in [0.1, 0.15) is 15.9 Å². The van der Waals surface area contributed by atoms with E-state index in [9.17, 15) is 22.8 Å². The van der Waals surface area contributed by atoms with E-state index in [0.717, 1.165) is 23.8 Å². The monoisotopic (exact) mass is 442 g/mol. The Bertz CT molecular complexity index is 858. The largest absolute Gasteiger partial charge is 0.433 e. The molecule has 0 saturated heterocycles. The molecule has 0 saturated carbocycles. The molecule has 0 unspecified atom stereocenters. The zero-order valence-corrected chi connectivity index (χ0v) is 15.4. The molecule has 0 fully saturated rings. The summed E-state index contributed by atoms with van der Waals surface area (Å²) in [5, 5.41) is 4.92. The standard InChI is InChI=1S/C18H14BrF3N2O3/c1-2-16(25)23-9-10-3-5-11(6-4-10)17(26)24-14-8-13(20)12(19)7-15(14)27-18(21)22/h2-8,18H,1,9H2,(H,23,25)(H,24,26). The van der Waals surface area contributed by atoms with Gasteiger partial charge in [-0.2, -0.15) is 8.78 Å². The summed E-state index contributed by atoms with van der Waals surface area (Å²) in [7, 11) is 0. The molecule has 2 rings (SSSR count). The Morgan fingerprint density at radius 2 is 1.89 bits per heavy atom. The number of nitrogens with one attached hydrogen (secondary N) is 2. The van der Waals surface area contributed by atoms with E-state index >= 15 is 0 Å². The Balaban J connectivity index is 2.13. The van der Waals surface area contributed by atoms with Gasteiger partial charge in [0.05, 0.1) is 10.2 Å². The molecule has 0 atom stereocenters. The zero-order chi connectivity index (χ0) is 20.0. The molecule has 0 aliphatic carbocycles. The van der Waals surface area contributed by atoms with Crippen LogP contribution >= 0.6 is 15.9 Å². The van der Waals surface area contributed by atoms with Gasteiger partial charge < -0.3 is 15.4 Å². The van der Waals surface area contributed by atoms with Gasteiger partial charge in [-0.1, -0.05) is 18.7 Å². The maximum absolute atomic E-state index is 13.7. The van der Waals surface area contributed by atoms with Gasteiger partial charge in [-0.15, -0.1) is 0 Å². The van der Waals surface area contributed by atoms with Crippen molar-refractivity contribution in [3.63, 3.8) is 0 Å². The van der Waals surface area contributed by atoms with Crippen LogP contribution in [0.3, 0.4) is 0 Å². The van der Waals surface area contributed by atoms with Crippen LogP contribution < -0.4 is 15.4 Å². The van der Waals surface area contributed by atoms with Crippen LogP contribution in [0.2, 0.25) is 0 Å². The number of hydrogen-bond donors (Lipinski definition) is 2. The lowest BCUT2D eigenvalue weighted by molar-refractivity contribution is -0.116. The molecule has 2 aromatic carbocycles. The van der Waals surface area contributed by atoms with E-state index in [1.807, 2.05) is 0 Å². The van der Waals surface area contributed by atoms with Crippen LogP contribution in [0, 0.1) is 5.82 Å². The minimum Gasteiger partial charge on any atom is -0.433 e. The molecule has 0 heterocycles. The van der Waals surface area contributed by atoms with Gasteiger partial charge >= 0.3 is 6.61 Å². The van der Waals surface area contributed by atoms with Crippen LogP contribution in [0.4, 0.5) is 18.9 Å². The van der Waals surface area contributed by atoms with Crippen molar-refractivity contribution in [2.75, 3.05) is 5.32 Å². The van der Waals surface area contributed by atoms with Gasteiger partial charge in [0, 0.05) is 18.2 Å². The van der Waals surface area contributed by atoms with E-state index in [2.05, 4.69) is 37.9 Å². The first-order chi connectivity index (χ1) is 12.8. The topological polar surface area (TPSA) is 67.4 Å². The smallest absolute Gasteiger partial charge is 0.387 e. The van der Waals surface area contributed by atoms with Crippen molar-refractivity contribution in [1.82, 2.24) is 5.32 Å². The average molecular weight is 443 g/mol. The highest BCUT2D eigenvalue weighted by molar-refractivity contribution is 9.10. The van der Waals surface area contributed by atoms with Gasteiger partial charge in [0.2, 0.25) is 5.91 Å². The van der Waals surface area contributed by atoms with E-state index < -0.39 is 18.3 Å². The number of carbonyl (C=O) groups excluding carboxylic acids is 2. The second-order valence-electron chi connectivity index (χ2n) is 5.21. The number of halogens is 4. The fourth-order valence-electron chi connectivity index (χ4n) is 2.05. The summed E-state index contributed by atoms with van der Waals surface area (Å²) in [6.07, 6.45) is 1.14. The summed E-state index contributed by atoms with van der Waals surface area (Å²) in [6.45, 7) is 0.446. The molecule has 2 N–H and O–H groups in total. The van der Waals surface area contributed by atoms with E-state index in [0.29, 0.717) is 0 Å². The molecular weight excluding hydrogens is 429 g/mol. The predicted molar refractivity (Wildman–Crippen MR) is 97.2 cm³/mol. The predicted octanol–water partition coefficient (Wildman–Crippen LogP) is 4.24. The van der Waals surface area contributed by atoms with Gasteiger partial charge in [-0.05, 0) is 45.8 Å². The highest BCUT2D eigenvalue weighted by Crippen LogP contribution is 2.32. The number of rotatable bonds is 7. The van der Waals surface area contributed by atoms with Crippen molar-refractivity contribution in [3.05, 3.63) is 70.5 Å². The lowest BCUT2D eigenvalue weighted by atomic mass is 10.1. The highest BCUT2D eigenvalue weighted by atomic mass is 79.9. The third kappa shape index (κ3) is 5.85. The lowest BCUT2D eigenvalue weighted by Crippen LogP contribution is -2.20. The van der Waals surface area contributed by atoms with Gasteiger partial charge in [0.25, 0.3) is 5.91 Å². The molecule has 0 spiro atoms. The summed E-state index contributed by atoms with van der Waals surface area (Å²) >= 11 is 2.87. The molecule has 5 nitrogen and oxygen atoms in total. The van der Waals surface area contributed by atoms with Gasteiger partial charge in [-0.25, -0.2) is 4.39 Å². The molecule has 0 aliphatic heterocycles. The van der Waals surface area contributed by atoms with E-state index in [4.69, 9.17) is 0 Å². The summed E-state index contributed by atoms with van der Waals surface area (Å²) in [5.41, 5.74) is 0.710. The third-order valence-electron chi connectivity index (χ3n) is 3.36. The van der Waals surface area contributed by atoms with Crippen molar-refractivity contribution in [2.45, 2.75) is 13.2 Å². The quantitative estimate of drug-likeness (QED) is 0.630. The van der Waals surface area contributed by atoms with E-state index in [1.54, 1.807) is 12.1 Å². The van der Waals surface area contributed by atoms with Crippen molar-refractivity contribution in [1.29, 1.82) is 0 Å². The fraction of sp³-hybridized carbons (Fsp3) is 0.111. The summed E-state index contributed by atoms with van der Waals surface area (Å²) in [6, 6.07) is 8.05. The molecule has 0 aromatic heterocycles. The number of ether oxygens (including phenoxy) is 1. The van der Waals surface area contributed by atoms with Crippen molar-refractivity contribution in [2.24, 2.45) is 0 Å². The lowest BCUT2D eigenvalue weighted by Gasteiger charge is -2.13. The Morgan fingerprint density at radius 1 is 1.22 bits per heavy atom. The second-order valence-corrected chi connectivity index (χ2v) is 6.07. The number of anilines is 1. The minimum atomic E-state index is -3.14. The van der Waals surface area contributed by atoms with Crippen LogP contribution in [0.5, 0.6) is 5.75 Å². The summed E-state index contributed by atoms with van der Waals surface area (Å²) in [5.74, 6) is -2.10. The number of amides is 2. The third-order valence-corrected chi connectivity index (χ3v) is 3.96. The van der Waals surface area contributed by atoms with Crippen molar-refractivity contribution >= 4 is 33.4 Å². The normalized spacial score (nSPS) is 10.4. The molecule has 0 aliphatic rings. The van der Waals surface area contributed by atoms with Gasteiger partial charge in [0.15, 0.2) is 5.75 Å². The number of hydrogen-bond acceptors (Lipinski definition) is 3. The first kappa shape index (κ1) is 20.5. The molecule has 2 amide bonds. The van der Waals surface area contributed by atoms with Gasteiger partial charge in [0.1, 0.15) is 5.82 Å². The Kier molecular flexibility index (Phi) is 7.00. The molecule has 0 bridgehead atoms. The fourth-order valence-corrected chi connectivity index (χ4v) is 2.37. The van der Waals surface area contributed by atoms with Crippen LogP contribution in [-0.4, -0.2) is 18.4 Å². The second kappa shape index (κ2) is 9.22. The Hall–Kier alpha value is -2.81. The summed E-state index contributed by atoms with van der Waals surface area (Å²) < 4.78 is 43.0. The zero-order valence-electron chi connectivity index (χ0n) is 13.8. The first-order valence-electron chi connectivity index (χ1n) is 7.54. The van der Waals surface area contributed by atoms with Crippen molar-refractivity contribution in [3.8, 4) is 5.75 Å². The van der Waals surface area contributed by atoms with E-state index in [1.165, 1.54) is 12.1 Å². The minimum absolute atomic E-state index is 0.0814. The van der Waals surface area contributed by atoms with E-state index in [-0.39, 0.29) is 33.9 Å². The Morgan fingerprint density at radius 3 is 2.48 bits per heavy atom. The molecule has 2 aromatic rings. The molecular formula is C18H14BrF3N2O3. The van der Waals surface area contributed by atoms with Crippen molar-refractivity contribution < 1.29 is 27.5 Å². The van der Waals surface area contributed by atoms with Crippen LogP contribution in [0.15, 0.2) is 53.5 Å². The number of benzene rings is 2. The molecule has 0 radical (unpaired) electrons. The SMILES string of the molecule is C=CC(=O)NCc1ccc(C(=O)Nc2cc(F)c(Br)cc2OC(F)F)cc1. The summed E-state index contributed by atoms with van der Waals surface area (Å²) in [4.78, 5) is 23.4. The maximum Gasteiger partial charge on any atom is 0.387 e. The van der Waals surface area contributed by atoms with Crippen LogP contribution in [-0.2, 0) is 11.3 Å². The maximum atomic E-state index is 13.7. The first-order valence-corrected chi connectivity index (χ1v) is 8.34. The average Bonchev–Trinajstić information content (AvgIpc) is 2.63. The Labute approximate surface area is 161 Å². The highest BCUT2D eigenvalue weighted by Gasteiger charge is 2.16. The number of carbonyl (C=O) groups is 2. The molecule has 9 heteroatoms. The van der Waals surface area contributed by atoms with Crippen LogP contribution in [0.25, 0.3) is 0 Å². The molecule has 142 valence electrons. The molecule has 27 heavy (non-hydrogen) atoms. The number of alkyl halides is 2.